The Balaban J connectivity index is 1.33. The largest absolute Gasteiger partial charge is 0.444 e. The summed E-state index contributed by atoms with van der Waals surface area (Å²) in [5.74, 6) is -0.492. The van der Waals surface area contributed by atoms with Crippen molar-refractivity contribution in [2.24, 2.45) is 0 Å². The molecule has 4 rings (SSSR count). The van der Waals surface area contributed by atoms with Crippen molar-refractivity contribution in [1.82, 2.24) is 9.88 Å². The van der Waals surface area contributed by atoms with Gasteiger partial charge in [0.25, 0.3) is 5.91 Å². The first-order chi connectivity index (χ1) is 20.8. The van der Waals surface area contributed by atoms with Gasteiger partial charge in [0, 0.05) is 35.3 Å². The van der Waals surface area contributed by atoms with E-state index in [0.29, 0.717) is 40.2 Å². The van der Waals surface area contributed by atoms with Gasteiger partial charge in [0.15, 0.2) is 5.13 Å². The van der Waals surface area contributed by atoms with E-state index in [0.717, 1.165) is 11.3 Å². The molecule has 0 fully saturated rings. The van der Waals surface area contributed by atoms with Gasteiger partial charge in [-0.25, -0.2) is 9.78 Å². The summed E-state index contributed by atoms with van der Waals surface area (Å²) >= 11 is 1.14. The molecule has 2 aromatic carbocycles. The van der Waals surface area contributed by atoms with Crippen molar-refractivity contribution in [2.75, 3.05) is 23.7 Å². The van der Waals surface area contributed by atoms with Gasteiger partial charge in [0.2, 0.25) is 0 Å². The van der Waals surface area contributed by atoms with E-state index in [1.54, 1.807) is 42.5 Å². The number of fused-ring (bicyclic) bond motifs is 1. The number of rotatable bonds is 10. The van der Waals surface area contributed by atoms with Crippen LogP contribution in [0.15, 0.2) is 48.5 Å². The molecule has 8 nitrogen and oxygen atoms in total. The van der Waals surface area contributed by atoms with Crippen molar-refractivity contribution < 1.29 is 40.7 Å². The average Bonchev–Trinajstić information content (AvgIpc) is 3.37. The van der Waals surface area contributed by atoms with Gasteiger partial charge >= 0.3 is 18.4 Å². The molecule has 2 amide bonds. The van der Waals surface area contributed by atoms with Crippen molar-refractivity contribution in [3.8, 4) is 6.07 Å². The molecule has 0 radical (unpaired) electrons. The van der Waals surface area contributed by atoms with Gasteiger partial charge in [-0.05, 0) is 61.2 Å². The normalized spacial score (nSPS) is 14.9. The van der Waals surface area contributed by atoms with Crippen LogP contribution < -0.4 is 10.6 Å². The molecule has 1 atom stereocenters. The van der Waals surface area contributed by atoms with E-state index >= 15 is 0 Å². The van der Waals surface area contributed by atoms with Crippen LogP contribution in [0.2, 0.25) is 0 Å². The van der Waals surface area contributed by atoms with E-state index in [4.69, 9.17) is 10.00 Å². The average molecular weight is 640 g/mol. The smallest absolute Gasteiger partial charge is 0.411 e. The Hall–Kier alpha value is -4.16. The number of hydrogen-bond donors (Lipinski definition) is 2. The summed E-state index contributed by atoms with van der Waals surface area (Å²) in [6, 6.07) is 14.0. The molecule has 0 spiro atoms. The number of aromatic nitrogens is 1. The number of thiazole rings is 1. The first-order valence-corrected chi connectivity index (χ1v) is 14.3. The standard InChI is InChI=1S/C29H27F6N5O3S/c30-28(31,32)10-12-40(13-11-29(33,34)35)22-8-9-23-24(15-22)44-26(38-23)39-25(41)20-3-1-2-19(14-20)17-43-27(42)37-21-6-4-18(16-36)5-7-21/h1-7,14,22H,8-13,15,17H2,(H,37,42)(H,38,39,41)/t22-/m0/s1. The predicted octanol–water partition coefficient (Wildman–Crippen LogP) is 7.08. The maximum atomic E-state index is 12.9. The molecule has 0 saturated carbocycles. The molecule has 1 aliphatic carbocycles. The van der Waals surface area contributed by atoms with Gasteiger partial charge in [-0.15, -0.1) is 11.3 Å². The Morgan fingerprint density at radius 2 is 1.70 bits per heavy atom. The minimum Gasteiger partial charge on any atom is -0.444 e. The van der Waals surface area contributed by atoms with Gasteiger partial charge in [-0.3, -0.25) is 20.3 Å². The fourth-order valence-electron chi connectivity index (χ4n) is 4.64. The molecule has 3 aromatic rings. The number of carbonyl (C=O) groups is 2. The second-order valence-corrected chi connectivity index (χ2v) is 11.2. The summed E-state index contributed by atoms with van der Waals surface area (Å²) in [5, 5.41) is 14.3. The second kappa shape index (κ2) is 14.1. The predicted molar refractivity (Wildman–Crippen MR) is 150 cm³/mol. The van der Waals surface area contributed by atoms with Crippen LogP contribution in [-0.4, -0.2) is 53.4 Å². The Kier molecular flexibility index (Phi) is 10.5. The minimum atomic E-state index is -4.49. The van der Waals surface area contributed by atoms with E-state index in [2.05, 4.69) is 15.6 Å². The van der Waals surface area contributed by atoms with Crippen LogP contribution in [0.3, 0.4) is 0 Å². The maximum Gasteiger partial charge on any atom is 0.411 e. The molecule has 0 bridgehead atoms. The van der Waals surface area contributed by atoms with E-state index < -0.39 is 56.3 Å². The van der Waals surface area contributed by atoms with Gasteiger partial charge in [0.1, 0.15) is 6.61 Å². The van der Waals surface area contributed by atoms with E-state index in [9.17, 15) is 35.9 Å². The molecule has 44 heavy (non-hydrogen) atoms. The van der Waals surface area contributed by atoms with Crippen LogP contribution >= 0.6 is 11.3 Å². The van der Waals surface area contributed by atoms with Crippen LogP contribution in [0.1, 0.15) is 51.3 Å². The number of benzene rings is 2. The molecule has 1 aliphatic rings. The van der Waals surface area contributed by atoms with Crippen LogP contribution in [0.5, 0.6) is 0 Å². The Labute approximate surface area is 252 Å². The highest BCUT2D eigenvalue weighted by atomic mass is 32.1. The Morgan fingerprint density at radius 3 is 2.34 bits per heavy atom. The number of hydrogen-bond acceptors (Lipinski definition) is 7. The van der Waals surface area contributed by atoms with Crippen molar-refractivity contribution in [2.45, 2.75) is 57.1 Å². The summed E-state index contributed by atoms with van der Waals surface area (Å²) in [4.78, 5) is 31.4. The number of ether oxygens (including phenoxy) is 1. The van der Waals surface area contributed by atoms with Gasteiger partial charge in [-0.1, -0.05) is 12.1 Å². The van der Waals surface area contributed by atoms with Crippen LogP contribution in [0, 0.1) is 11.3 Å². The number of nitrogens with zero attached hydrogens (tertiary/aromatic N) is 3. The Bertz CT molecular complexity index is 1480. The number of nitriles is 1. The second-order valence-electron chi connectivity index (χ2n) is 10.1. The first kappa shape index (κ1) is 32.7. The minimum absolute atomic E-state index is 0.130. The molecular formula is C29H27F6N5O3S. The lowest BCUT2D eigenvalue weighted by atomic mass is 9.96. The molecule has 234 valence electrons. The number of halogens is 6. The molecule has 2 N–H and O–H groups in total. The SMILES string of the molecule is N#Cc1ccc(NC(=O)OCc2cccc(C(=O)Nc3nc4c(s3)C[C@@H](N(CCC(F)(F)F)CCC(F)(F)F)CC4)c2)cc1. The third-order valence-electron chi connectivity index (χ3n) is 6.83. The highest BCUT2D eigenvalue weighted by molar-refractivity contribution is 7.15. The summed E-state index contributed by atoms with van der Waals surface area (Å²) in [6.07, 6.45) is -11.2. The molecular weight excluding hydrogens is 612 g/mol. The first-order valence-electron chi connectivity index (χ1n) is 13.5. The zero-order valence-electron chi connectivity index (χ0n) is 23.1. The van der Waals surface area contributed by atoms with Crippen LogP contribution in [0.25, 0.3) is 0 Å². The van der Waals surface area contributed by atoms with Crippen LogP contribution in [0.4, 0.5) is 42.0 Å². The van der Waals surface area contributed by atoms with E-state index in [1.165, 1.54) is 11.0 Å². The fraction of sp³-hybridized carbons (Fsp3) is 0.379. The van der Waals surface area contributed by atoms with Crippen molar-refractivity contribution in [3.05, 3.63) is 75.8 Å². The summed E-state index contributed by atoms with van der Waals surface area (Å²) < 4.78 is 82.2. The molecule has 1 heterocycles. The van der Waals surface area contributed by atoms with Crippen molar-refractivity contribution in [1.29, 1.82) is 5.26 Å². The fourth-order valence-corrected chi connectivity index (χ4v) is 5.72. The zero-order chi connectivity index (χ0) is 31.9. The summed E-state index contributed by atoms with van der Waals surface area (Å²) in [7, 11) is 0. The third-order valence-corrected chi connectivity index (χ3v) is 7.87. The van der Waals surface area contributed by atoms with E-state index in [1.807, 2.05) is 6.07 Å². The molecule has 0 saturated heterocycles. The lowest BCUT2D eigenvalue weighted by Crippen LogP contribution is -2.42. The van der Waals surface area contributed by atoms with Crippen molar-refractivity contribution >= 4 is 34.2 Å². The topological polar surface area (TPSA) is 107 Å². The Morgan fingerprint density at radius 1 is 1.02 bits per heavy atom. The highest BCUT2D eigenvalue weighted by Crippen LogP contribution is 2.33. The monoisotopic (exact) mass is 639 g/mol. The molecule has 0 unspecified atom stereocenters. The molecule has 15 heteroatoms. The quantitative estimate of drug-likeness (QED) is 0.230. The number of amides is 2. The number of carbonyl (C=O) groups excluding carboxylic acids is 2. The highest BCUT2D eigenvalue weighted by Gasteiger charge is 2.35. The van der Waals surface area contributed by atoms with Gasteiger partial charge in [0.05, 0.1) is 30.2 Å². The van der Waals surface area contributed by atoms with Crippen LogP contribution in [-0.2, 0) is 24.2 Å². The maximum absolute atomic E-state index is 12.9. The number of anilines is 2. The molecule has 0 aliphatic heterocycles. The molecule has 1 aromatic heterocycles. The lowest BCUT2D eigenvalue weighted by molar-refractivity contribution is -0.148. The number of alkyl halides is 6. The number of aryl methyl sites for hydroxylation is 1. The van der Waals surface area contributed by atoms with E-state index in [-0.39, 0.29) is 23.7 Å². The number of nitrogens with one attached hydrogen (secondary N) is 2. The third kappa shape index (κ3) is 9.95. The van der Waals surface area contributed by atoms with Crippen molar-refractivity contribution in [3.63, 3.8) is 0 Å². The summed E-state index contributed by atoms with van der Waals surface area (Å²) in [5.41, 5.74) is 2.33. The van der Waals surface area contributed by atoms with Gasteiger partial charge in [-0.2, -0.15) is 31.6 Å². The zero-order valence-corrected chi connectivity index (χ0v) is 23.9. The summed E-state index contributed by atoms with van der Waals surface area (Å²) in [6.45, 7) is -1.19. The lowest BCUT2D eigenvalue weighted by Gasteiger charge is -2.34. The van der Waals surface area contributed by atoms with Gasteiger partial charge < -0.3 is 4.74 Å².